The highest BCUT2D eigenvalue weighted by molar-refractivity contribution is 5.70. The Morgan fingerprint density at radius 2 is 2.23 bits per heavy atom. The lowest BCUT2D eigenvalue weighted by Crippen LogP contribution is -2.38. The van der Waals surface area contributed by atoms with Crippen LogP contribution in [-0.4, -0.2) is 46.5 Å². The van der Waals surface area contributed by atoms with Crippen LogP contribution in [0.1, 0.15) is 13.8 Å². The van der Waals surface area contributed by atoms with Gasteiger partial charge in [-0.1, -0.05) is 6.92 Å². The lowest BCUT2D eigenvalue weighted by Gasteiger charge is -2.25. The van der Waals surface area contributed by atoms with Crippen molar-refractivity contribution in [3.8, 4) is 0 Å². The van der Waals surface area contributed by atoms with Crippen molar-refractivity contribution in [3.63, 3.8) is 0 Å². The maximum Gasteiger partial charge on any atom is 0.307 e. The van der Waals surface area contributed by atoms with E-state index in [0.717, 1.165) is 0 Å². The number of hydroxylamine groups is 2. The molecule has 3 atom stereocenters. The molecule has 1 aliphatic heterocycles. The summed E-state index contributed by atoms with van der Waals surface area (Å²) in [4.78, 5) is 15.8. The Kier molecular flexibility index (Phi) is 3.24. The zero-order chi connectivity index (χ0) is 10.0. The Labute approximate surface area is 76.9 Å². The van der Waals surface area contributed by atoms with Gasteiger partial charge in [-0.15, -0.1) is 0 Å². The van der Waals surface area contributed by atoms with Crippen LogP contribution in [0.2, 0.25) is 0 Å². The van der Waals surface area contributed by atoms with Gasteiger partial charge in [0.1, 0.15) is 0 Å². The molecule has 0 aromatic heterocycles. The topological polar surface area (TPSA) is 70.0 Å². The van der Waals surface area contributed by atoms with E-state index in [1.807, 2.05) is 0 Å². The smallest absolute Gasteiger partial charge is 0.307 e. The molecule has 0 aromatic rings. The van der Waals surface area contributed by atoms with Crippen molar-refractivity contribution in [3.05, 3.63) is 0 Å². The number of carbonyl (C=O) groups is 1. The van der Waals surface area contributed by atoms with Crippen molar-refractivity contribution < 1.29 is 19.8 Å². The van der Waals surface area contributed by atoms with Gasteiger partial charge >= 0.3 is 5.97 Å². The third-order valence-electron chi connectivity index (χ3n) is 2.39. The molecular weight excluding hydrogens is 174 g/mol. The van der Waals surface area contributed by atoms with E-state index < -0.39 is 18.0 Å². The number of carboxylic acid groups (broad SMARTS) is 1. The van der Waals surface area contributed by atoms with E-state index in [9.17, 15) is 4.79 Å². The maximum absolute atomic E-state index is 10.6. The SMILES string of the molecule is CC(C(=O)O)C(C)N1CC(O)CO1. The number of carboxylic acids is 1. The molecular formula is C8H15NO4. The second-order valence-corrected chi connectivity index (χ2v) is 3.42. The van der Waals surface area contributed by atoms with Crippen LogP contribution in [0.15, 0.2) is 0 Å². The van der Waals surface area contributed by atoms with Crippen molar-refractivity contribution in [1.29, 1.82) is 0 Å². The van der Waals surface area contributed by atoms with E-state index in [4.69, 9.17) is 15.1 Å². The first-order chi connectivity index (χ1) is 6.02. The summed E-state index contributed by atoms with van der Waals surface area (Å²) in [7, 11) is 0. The van der Waals surface area contributed by atoms with Crippen molar-refractivity contribution in [2.24, 2.45) is 5.92 Å². The van der Waals surface area contributed by atoms with Gasteiger partial charge in [-0.2, -0.15) is 5.06 Å². The molecule has 76 valence electrons. The minimum Gasteiger partial charge on any atom is -0.481 e. The summed E-state index contributed by atoms with van der Waals surface area (Å²) in [5.74, 6) is -1.34. The number of hydrogen-bond acceptors (Lipinski definition) is 4. The van der Waals surface area contributed by atoms with Gasteiger partial charge in [-0.25, -0.2) is 0 Å². The number of aliphatic carboxylic acids is 1. The van der Waals surface area contributed by atoms with Crippen LogP contribution in [0.5, 0.6) is 0 Å². The van der Waals surface area contributed by atoms with Gasteiger partial charge in [0.05, 0.1) is 25.2 Å². The Morgan fingerprint density at radius 3 is 2.62 bits per heavy atom. The average molecular weight is 189 g/mol. The van der Waals surface area contributed by atoms with E-state index in [2.05, 4.69) is 0 Å². The highest BCUT2D eigenvalue weighted by atomic mass is 16.7. The molecule has 3 unspecified atom stereocenters. The molecule has 1 fully saturated rings. The summed E-state index contributed by atoms with van der Waals surface area (Å²) in [6.07, 6.45) is -0.497. The third-order valence-corrected chi connectivity index (χ3v) is 2.39. The van der Waals surface area contributed by atoms with Gasteiger partial charge in [-0.3, -0.25) is 9.63 Å². The predicted octanol–water partition coefficient (Wildman–Crippen LogP) is -0.296. The molecule has 1 aliphatic rings. The number of β-amino-alcohol motifs (C(OH)–C–C–N with tert-alkyl or cyclic N) is 1. The molecule has 13 heavy (non-hydrogen) atoms. The van der Waals surface area contributed by atoms with Crippen LogP contribution in [-0.2, 0) is 9.63 Å². The summed E-state index contributed by atoms with van der Waals surface area (Å²) < 4.78 is 0. The standard InChI is InChI=1S/C8H15NO4/c1-5(8(11)12)6(2)9-3-7(10)4-13-9/h5-7,10H,3-4H2,1-2H3,(H,11,12). The van der Waals surface area contributed by atoms with Crippen molar-refractivity contribution >= 4 is 5.97 Å². The Hall–Kier alpha value is -0.650. The highest BCUT2D eigenvalue weighted by Crippen LogP contribution is 2.16. The van der Waals surface area contributed by atoms with Crippen molar-refractivity contribution in [2.45, 2.75) is 26.0 Å². The first-order valence-corrected chi connectivity index (χ1v) is 4.32. The summed E-state index contributed by atoms with van der Waals surface area (Å²) in [5, 5.41) is 19.4. The minimum atomic E-state index is -0.850. The van der Waals surface area contributed by atoms with Crippen LogP contribution >= 0.6 is 0 Å². The molecule has 1 heterocycles. The summed E-state index contributed by atoms with van der Waals surface area (Å²) >= 11 is 0. The number of aliphatic hydroxyl groups excluding tert-OH is 1. The fourth-order valence-electron chi connectivity index (χ4n) is 1.23. The molecule has 0 aliphatic carbocycles. The second-order valence-electron chi connectivity index (χ2n) is 3.42. The molecule has 0 bridgehead atoms. The quantitative estimate of drug-likeness (QED) is 0.638. The molecule has 1 rings (SSSR count). The number of hydrogen-bond donors (Lipinski definition) is 2. The van der Waals surface area contributed by atoms with Gasteiger partial charge in [-0.05, 0) is 6.92 Å². The largest absolute Gasteiger partial charge is 0.481 e. The van der Waals surface area contributed by atoms with Gasteiger partial charge in [0.2, 0.25) is 0 Å². The van der Waals surface area contributed by atoms with Crippen molar-refractivity contribution in [2.75, 3.05) is 13.2 Å². The molecule has 0 spiro atoms. The fraction of sp³-hybridized carbons (Fsp3) is 0.875. The lowest BCUT2D eigenvalue weighted by molar-refractivity contribution is -0.165. The van der Waals surface area contributed by atoms with Gasteiger partial charge in [0.15, 0.2) is 0 Å². The molecule has 5 heteroatoms. The molecule has 0 aromatic carbocycles. The van der Waals surface area contributed by atoms with E-state index in [0.29, 0.717) is 6.54 Å². The predicted molar refractivity (Wildman–Crippen MR) is 44.9 cm³/mol. The molecule has 5 nitrogen and oxygen atoms in total. The van der Waals surface area contributed by atoms with Crippen LogP contribution in [0, 0.1) is 5.92 Å². The van der Waals surface area contributed by atoms with Gasteiger partial charge in [0.25, 0.3) is 0 Å². The Balaban J connectivity index is 2.47. The molecule has 0 saturated carbocycles. The zero-order valence-electron chi connectivity index (χ0n) is 7.80. The molecule has 0 radical (unpaired) electrons. The number of nitrogens with zero attached hydrogens (tertiary/aromatic N) is 1. The Bertz CT molecular complexity index is 197. The summed E-state index contributed by atoms with van der Waals surface area (Å²) in [5.41, 5.74) is 0. The monoisotopic (exact) mass is 189 g/mol. The van der Waals surface area contributed by atoms with Gasteiger partial charge < -0.3 is 10.2 Å². The average Bonchev–Trinajstić information content (AvgIpc) is 2.49. The lowest BCUT2D eigenvalue weighted by atomic mass is 10.0. The van der Waals surface area contributed by atoms with E-state index in [1.165, 1.54) is 5.06 Å². The molecule has 1 saturated heterocycles. The number of rotatable bonds is 3. The maximum atomic E-state index is 10.6. The summed E-state index contributed by atoms with van der Waals surface area (Å²) in [6, 6.07) is -0.213. The first kappa shape index (κ1) is 10.4. The van der Waals surface area contributed by atoms with E-state index >= 15 is 0 Å². The minimum absolute atomic E-state index is 0.213. The fourth-order valence-corrected chi connectivity index (χ4v) is 1.23. The highest BCUT2D eigenvalue weighted by Gasteiger charge is 2.31. The van der Waals surface area contributed by atoms with Crippen LogP contribution in [0.4, 0.5) is 0 Å². The van der Waals surface area contributed by atoms with Crippen LogP contribution in [0.25, 0.3) is 0 Å². The normalized spacial score (nSPS) is 28.7. The second kappa shape index (κ2) is 4.04. The summed E-state index contributed by atoms with van der Waals surface area (Å²) in [6.45, 7) is 4.05. The molecule has 0 amide bonds. The van der Waals surface area contributed by atoms with Gasteiger partial charge in [0, 0.05) is 6.04 Å². The van der Waals surface area contributed by atoms with E-state index in [1.54, 1.807) is 13.8 Å². The first-order valence-electron chi connectivity index (χ1n) is 4.32. The third kappa shape index (κ3) is 2.40. The van der Waals surface area contributed by atoms with Crippen molar-refractivity contribution in [1.82, 2.24) is 5.06 Å². The number of aliphatic hydroxyl groups is 1. The Morgan fingerprint density at radius 1 is 1.62 bits per heavy atom. The zero-order valence-corrected chi connectivity index (χ0v) is 7.80. The molecule has 2 N–H and O–H groups in total. The van der Waals surface area contributed by atoms with Crippen LogP contribution in [0.3, 0.4) is 0 Å². The van der Waals surface area contributed by atoms with Crippen LogP contribution < -0.4 is 0 Å². The van der Waals surface area contributed by atoms with E-state index in [-0.39, 0.29) is 12.6 Å².